The number of hydrogen-bond donors (Lipinski definition) is 2. The standard InChI is InChI=1S/C38H46N6.2CO2/c1-6-39-37(29(4)31-17-14-27(2)15-18-31)40-20-10-22-44(5)23-11-21-41-38-36-33-19-16-28(3)24-32(33)26-34(36)42-35(43-38)25-30-12-8-7-9-13-30;2*2-1-3/h7-9,12-19,24H,4,6,10-11,20-23,25-26H2,1-3,5H3,(H,39,40)(H,41,42,43);;. The first-order chi connectivity index (χ1) is 24.2. The monoisotopic (exact) mass is 674 g/mol. The van der Waals surface area contributed by atoms with Crippen LogP contribution in [0.1, 0.15) is 59.1 Å². The molecular weight excluding hydrogens is 628 g/mol. The smallest absolute Gasteiger partial charge is 0.370 e. The summed E-state index contributed by atoms with van der Waals surface area (Å²) in [5.74, 6) is 2.73. The third-order valence-corrected chi connectivity index (χ3v) is 8.13. The summed E-state index contributed by atoms with van der Waals surface area (Å²) in [7, 11) is 2.19. The molecular formula is C40H46N6O4. The largest absolute Gasteiger partial charge is 0.373 e. The van der Waals surface area contributed by atoms with Gasteiger partial charge in [0.05, 0.1) is 5.69 Å². The van der Waals surface area contributed by atoms with E-state index < -0.39 is 0 Å². The molecule has 1 aromatic heterocycles. The third kappa shape index (κ3) is 11.9. The number of anilines is 1. The number of nitrogens with one attached hydrogen (secondary N) is 2. The number of rotatable bonds is 14. The van der Waals surface area contributed by atoms with Gasteiger partial charge in [-0.05, 0) is 76.0 Å². The summed E-state index contributed by atoms with van der Waals surface area (Å²) in [5.41, 5.74) is 10.7. The Labute approximate surface area is 294 Å². The van der Waals surface area contributed by atoms with Gasteiger partial charge in [-0.1, -0.05) is 90.5 Å². The Morgan fingerprint density at radius 1 is 0.900 bits per heavy atom. The van der Waals surface area contributed by atoms with Gasteiger partial charge in [0.15, 0.2) is 0 Å². The number of carbonyl (C=O) groups excluding carboxylic acids is 4. The van der Waals surface area contributed by atoms with E-state index in [1.54, 1.807) is 0 Å². The lowest BCUT2D eigenvalue weighted by Crippen LogP contribution is -2.26. The van der Waals surface area contributed by atoms with Gasteiger partial charge in [0.2, 0.25) is 0 Å². The number of aliphatic imine (C=N–C) groups is 1. The van der Waals surface area contributed by atoms with E-state index in [0.717, 1.165) is 92.7 Å². The van der Waals surface area contributed by atoms with Crippen molar-refractivity contribution in [3.05, 3.63) is 119 Å². The van der Waals surface area contributed by atoms with Crippen molar-refractivity contribution in [2.75, 3.05) is 45.1 Å². The number of hydrogen-bond acceptors (Lipinski definition) is 9. The van der Waals surface area contributed by atoms with Crippen LogP contribution in [0.5, 0.6) is 0 Å². The number of aromatic nitrogens is 2. The van der Waals surface area contributed by atoms with Crippen LogP contribution in [-0.4, -0.2) is 72.8 Å². The van der Waals surface area contributed by atoms with Gasteiger partial charge in [0, 0.05) is 43.6 Å². The van der Waals surface area contributed by atoms with E-state index >= 15 is 0 Å². The molecule has 0 radical (unpaired) electrons. The van der Waals surface area contributed by atoms with Gasteiger partial charge in [0.25, 0.3) is 0 Å². The molecule has 1 aliphatic carbocycles. The van der Waals surface area contributed by atoms with Crippen LogP contribution in [0.3, 0.4) is 0 Å². The third-order valence-electron chi connectivity index (χ3n) is 8.13. The Hall–Kier alpha value is -5.53. The highest BCUT2D eigenvalue weighted by atomic mass is 16.2. The predicted molar refractivity (Wildman–Crippen MR) is 196 cm³/mol. The molecule has 0 fully saturated rings. The van der Waals surface area contributed by atoms with Crippen molar-refractivity contribution in [3.63, 3.8) is 0 Å². The minimum atomic E-state index is 0.250. The number of likely N-dealkylation sites (N-methyl/N-ethyl adjacent to an activating group) is 1. The zero-order valence-electron chi connectivity index (χ0n) is 29.4. The molecule has 0 amide bonds. The molecule has 0 aliphatic heterocycles. The molecule has 0 saturated carbocycles. The summed E-state index contributed by atoms with van der Waals surface area (Å²) in [6.45, 7) is 15.1. The highest BCUT2D eigenvalue weighted by Gasteiger charge is 2.25. The topological polar surface area (TPSA) is 134 Å². The van der Waals surface area contributed by atoms with Crippen molar-refractivity contribution in [2.45, 2.75) is 46.5 Å². The van der Waals surface area contributed by atoms with Crippen molar-refractivity contribution >= 4 is 29.5 Å². The summed E-state index contributed by atoms with van der Waals surface area (Å²) in [4.78, 5) is 49.8. The van der Waals surface area contributed by atoms with Gasteiger partial charge in [-0.2, -0.15) is 19.2 Å². The minimum absolute atomic E-state index is 0.250. The second kappa shape index (κ2) is 20.8. The number of aryl methyl sites for hydroxylation is 2. The van der Waals surface area contributed by atoms with E-state index in [4.69, 9.17) is 34.1 Å². The molecule has 2 N–H and O–H groups in total. The predicted octanol–water partition coefficient (Wildman–Crippen LogP) is 5.93. The van der Waals surface area contributed by atoms with Gasteiger partial charge >= 0.3 is 12.3 Å². The van der Waals surface area contributed by atoms with Gasteiger partial charge < -0.3 is 15.5 Å². The summed E-state index contributed by atoms with van der Waals surface area (Å²) >= 11 is 0. The molecule has 0 unspecified atom stereocenters. The summed E-state index contributed by atoms with van der Waals surface area (Å²) in [6, 6.07) is 25.7. The van der Waals surface area contributed by atoms with Crippen LogP contribution in [0.4, 0.5) is 5.82 Å². The fourth-order valence-electron chi connectivity index (χ4n) is 5.76. The maximum Gasteiger partial charge on any atom is 0.373 e. The molecule has 50 heavy (non-hydrogen) atoms. The zero-order valence-corrected chi connectivity index (χ0v) is 29.4. The first-order valence-corrected chi connectivity index (χ1v) is 16.7. The highest BCUT2D eigenvalue weighted by molar-refractivity contribution is 6.21. The molecule has 10 nitrogen and oxygen atoms in total. The first kappa shape index (κ1) is 38.9. The fourth-order valence-corrected chi connectivity index (χ4v) is 5.76. The normalized spacial score (nSPS) is 11.1. The van der Waals surface area contributed by atoms with E-state index in [1.807, 2.05) is 6.07 Å². The van der Waals surface area contributed by atoms with Crippen LogP contribution in [0.25, 0.3) is 16.7 Å². The molecule has 0 saturated heterocycles. The Balaban J connectivity index is 0.00000105. The van der Waals surface area contributed by atoms with Gasteiger partial charge in [-0.3, -0.25) is 4.99 Å². The van der Waals surface area contributed by atoms with Crippen molar-refractivity contribution in [3.8, 4) is 11.1 Å². The average Bonchev–Trinajstić information content (AvgIpc) is 3.46. The lowest BCUT2D eigenvalue weighted by molar-refractivity contribution is -0.193. The number of amidine groups is 1. The quantitative estimate of drug-likeness (QED) is 0.0835. The number of benzene rings is 3. The average molecular weight is 675 g/mol. The van der Waals surface area contributed by atoms with Crippen molar-refractivity contribution in [1.82, 2.24) is 20.2 Å². The molecule has 260 valence electrons. The van der Waals surface area contributed by atoms with Crippen LogP contribution < -0.4 is 10.6 Å². The SMILES string of the molecule is C=C(C(=NCCCN(C)CCCNc1nc(Cc2ccccc2)nc2c1-c1ccc(C)cc1C2)NCC)c1ccc(C)cc1.O=C=O.O=C=O. The minimum Gasteiger partial charge on any atom is -0.370 e. The van der Waals surface area contributed by atoms with Crippen molar-refractivity contribution in [1.29, 1.82) is 0 Å². The van der Waals surface area contributed by atoms with Gasteiger partial charge in [-0.15, -0.1) is 0 Å². The number of fused-ring (bicyclic) bond motifs is 3. The Morgan fingerprint density at radius 3 is 2.24 bits per heavy atom. The van der Waals surface area contributed by atoms with Crippen LogP contribution in [-0.2, 0) is 32.0 Å². The molecule has 10 heteroatoms. The molecule has 0 bridgehead atoms. The second-order valence-corrected chi connectivity index (χ2v) is 12.0. The summed E-state index contributed by atoms with van der Waals surface area (Å²) < 4.78 is 0. The van der Waals surface area contributed by atoms with Crippen LogP contribution in [0.15, 0.2) is 84.4 Å². The lowest BCUT2D eigenvalue weighted by Gasteiger charge is -2.18. The van der Waals surface area contributed by atoms with E-state index in [2.05, 4.69) is 117 Å². The zero-order chi connectivity index (χ0) is 36.3. The molecule has 5 rings (SSSR count). The van der Waals surface area contributed by atoms with Gasteiger partial charge in [0.1, 0.15) is 17.5 Å². The van der Waals surface area contributed by atoms with Crippen LogP contribution in [0.2, 0.25) is 0 Å². The highest BCUT2D eigenvalue weighted by Crippen LogP contribution is 2.40. The summed E-state index contributed by atoms with van der Waals surface area (Å²) in [6.07, 6.45) is 4.13. The molecule has 4 aromatic rings. The van der Waals surface area contributed by atoms with E-state index in [9.17, 15) is 0 Å². The fraction of sp³-hybridized carbons (Fsp3) is 0.325. The van der Waals surface area contributed by atoms with E-state index in [-0.39, 0.29) is 12.3 Å². The summed E-state index contributed by atoms with van der Waals surface area (Å²) in [5, 5.41) is 7.10. The van der Waals surface area contributed by atoms with Crippen LogP contribution >= 0.6 is 0 Å². The van der Waals surface area contributed by atoms with E-state index in [1.165, 1.54) is 33.4 Å². The Bertz CT molecular complexity index is 1780. The molecule has 1 heterocycles. The molecule has 0 spiro atoms. The second-order valence-electron chi connectivity index (χ2n) is 12.0. The molecule has 0 atom stereocenters. The van der Waals surface area contributed by atoms with Gasteiger partial charge in [-0.25, -0.2) is 9.97 Å². The van der Waals surface area contributed by atoms with E-state index in [0.29, 0.717) is 0 Å². The van der Waals surface area contributed by atoms with Crippen LogP contribution in [0, 0.1) is 13.8 Å². The molecule has 1 aliphatic rings. The van der Waals surface area contributed by atoms with Crippen molar-refractivity contribution < 1.29 is 19.2 Å². The maximum atomic E-state index is 8.12. The maximum absolute atomic E-state index is 8.12. The Morgan fingerprint density at radius 2 is 1.56 bits per heavy atom. The first-order valence-electron chi connectivity index (χ1n) is 16.7. The lowest BCUT2D eigenvalue weighted by atomic mass is 10.0. The molecule has 3 aromatic carbocycles. The Kier molecular flexibility index (Phi) is 16.1. The number of nitrogens with zero attached hydrogens (tertiary/aromatic N) is 4. The van der Waals surface area contributed by atoms with Crippen molar-refractivity contribution in [2.24, 2.45) is 4.99 Å².